The zero-order valence-corrected chi connectivity index (χ0v) is 10.4. The van der Waals surface area contributed by atoms with Gasteiger partial charge in [0.25, 0.3) is 5.91 Å². The molecule has 1 saturated heterocycles. The Morgan fingerprint density at radius 3 is 2.89 bits per heavy atom. The first-order chi connectivity index (χ1) is 8.59. The van der Waals surface area contributed by atoms with Crippen LogP contribution in [0.4, 0.5) is 0 Å². The van der Waals surface area contributed by atoms with Crippen LogP contribution in [0.15, 0.2) is 16.7 Å². The summed E-state index contributed by atoms with van der Waals surface area (Å²) in [4.78, 5) is 24.8. The molecule has 1 amide bonds. The third-order valence-corrected chi connectivity index (χ3v) is 3.35. The zero-order chi connectivity index (χ0) is 13.1. The highest BCUT2D eigenvalue weighted by molar-refractivity contribution is 5.93. The van der Waals surface area contributed by atoms with Crippen LogP contribution in [0.25, 0.3) is 0 Å². The molecule has 0 aliphatic carbocycles. The number of hydrogen-bond donors (Lipinski definition) is 1. The van der Waals surface area contributed by atoms with Crippen LogP contribution in [0, 0.1) is 6.92 Å². The van der Waals surface area contributed by atoms with Gasteiger partial charge in [-0.05, 0) is 32.3 Å². The van der Waals surface area contributed by atoms with E-state index < -0.39 is 5.97 Å². The molecule has 2 rings (SSSR count). The van der Waals surface area contributed by atoms with E-state index in [0.717, 1.165) is 24.8 Å². The maximum Gasteiger partial charge on any atom is 0.305 e. The summed E-state index contributed by atoms with van der Waals surface area (Å²) >= 11 is 0. The molecule has 98 valence electrons. The van der Waals surface area contributed by atoms with Gasteiger partial charge in [-0.1, -0.05) is 0 Å². The smallest absolute Gasteiger partial charge is 0.305 e. The van der Waals surface area contributed by atoms with E-state index in [2.05, 4.69) is 0 Å². The van der Waals surface area contributed by atoms with Crippen molar-refractivity contribution in [3.8, 4) is 0 Å². The van der Waals surface area contributed by atoms with E-state index in [1.54, 1.807) is 11.0 Å². The summed E-state index contributed by atoms with van der Waals surface area (Å²) in [5, 5.41) is 8.89. The number of carbonyl (C=O) groups is 2. The van der Waals surface area contributed by atoms with Gasteiger partial charge in [0.1, 0.15) is 0 Å². The topological polar surface area (TPSA) is 70.8 Å². The number of aryl methyl sites for hydroxylation is 1. The Balaban J connectivity index is 2.16. The fourth-order valence-corrected chi connectivity index (χ4v) is 2.40. The lowest BCUT2D eigenvalue weighted by Crippen LogP contribution is -2.44. The van der Waals surface area contributed by atoms with E-state index in [4.69, 9.17) is 9.52 Å². The monoisotopic (exact) mass is 251 g/mol. The van der Waals surface area contributed by atoms with Gasteiger partial charge in [0.2, 0.25) is 0 Å². The molecule has 1 fully saturated rings. The third-order valence-electron chi connectivity index (χ3n) is 3.35. The first-order valence-corrected chi connectivity index (χ1v) is 6.16. The summed E-state index contributed by atoms with van der Waals surface area (Å²) in [7, 11) is 0. The van der Waals surface area contributed by atoms with Gasteiger partial charge in [0.15, 0.2) is 5.76 Å². The van der Waals surface area contributed by atoms with Gasteiger partial charge < -0.3 is 14.4 Å². The van der Waals surface area contributed by atoms with Crippen molar-refractivity contribution in [2.45, 2.75) is 38.6 Å². The zero-order valence-electron chi connectivity index (χ0n) is 10.4. The highest BCUT2D eigenvalue weighted by Crippen LogP contribution is 2.23. The Labute approximate surface area is 105 Å². The van der Waals surface area contributed by atoms with Crippen molar-refractivity contribution in [1.29, 1.82) is 0 Å². The Morgan fingerprint density at radius 1 is 1.50 bits per heavy atom. The normalized spacial score (nSPS) is 19.8. The minimum atomic E-state index is -0.865. The standard InChI is InChI=1S/C13H17NO4/c1-9-5-7-18-12(9)13(17)14-6-3-2-4-10(14)8-11(15)16/h5,7,10H,2-4,6,8H2,1H3,(H,15,16). The second kappa shape index (κ2) is 5.25. The Bertz CT molecular complexity index is 452. The number of furan rings is 1. The van der Waals surface area contributed by atoms with Crippen molar-refractivity contribution in [1.82, 2.24) is 4.90 Å². The van der Waals surface area contributed by atoms with Gasteiger partial charge in [0.05, 0.1) is 12.7 Å². The summed E-state index contributed by atoms with van der Waals surface area (Å²) < 4.78 is 5.19. The SMILES string of the molecule is Cc1ccoc1C(=O)N1CCCCC1CC(=O)O. The number of rotatable bonds is 3. The van der Waals surface area contributed by atoms with Crippen LogP contribution in [0.3, 0.4) is 0 Å². The molecular formula is C13H17NO4. The number of likely N-dealkylation sites (tertiary alicyclic amines) is 1. The Kier molecular flexibility index (Phi) is 3.69. The predicted molar refractivity (Wildman–Crippen MR) is 64.4 cm³/mol. The second-order valence-electron chi connectivity index (χ2n) is 4.68. The van der Waals surface area contributed by atoms with Gasteiger partial charge in [-0.2, -0.15) is 0 Å². The Morgan fingerprint density at radius 2 is 2.28 bits per heavy atom. The maximum atomic E-state index is 12.3. The molecule has 0 bridgehead atoms. The number of hydrogen-bond acceptors (Lipinski definition) is 3. The molecule has 1 atom stereocenters. The van der Waals surface area contributed by atoms with Crippen LogP contribution in [0.5, 0.6) is 0 Å². The molecule has 0 spiro atoms. The fraction of sp³-hybridized carbons (Fsp3) is 0.538. The van der Waals surface area contributed by atoms with Crippen molar-refractivity contribution in [3.05, 3.63) is 23.7 Å². The minimum absolute atomic E-state index is 0.00545. The number of carbonyl (C=O) groups excluding carboxylic acids is 1. The van der Waals surface area contributed by atoms with Gasteiger partial charge in [-0.15, -0.1) is 0 Å². The molecule has 5 heteroatoms. The molecule has 1 N–H and O–H groups in total. The molecule has 1 unspecified atom stereocenters. The highest BCUT2D eigenvalue weighted by atomic mass is 16.4. The summed E-state index contributed by atoms with van der Waals surface area (Å²) in [6.45, 7) is 2.42. The van der Waals surface area contributed by atoms with Gasteiger partial charge in [0, 0.05) is 18.2 Å². The Hall–Kier alpha value is -1.78. The number of piperidine rings is 1. The molecular weight excluding hydrogens is 234 g/mol. The average Bonchev–Trinajstić information content (AvgIpc) is 2.74. The molecule has 18 heavy (non-hydrogen) atoms. The molecule has 1 aliphatic rings. The molecule has 1 aliphatic heterocycles. The molecule has 5 nitrogen and oxygen atoms in total. The van der Waals surface area contributed by atoms with E-state index in [1.165, 1.54) is 6.26 Å². The summed E-state index contributed by atoms with van der Waals surface area (Å²) in [5.41, 5.74) is 0.791. The van der Waals surface area contributed by atoms with Crippen molar-refractivity contribution in [2.24, 2.45) is 0 Å². The lowest BCUT2D eigenvalue weighted by atomic mass is 9.99. The summed E-state index contributed by atoms with van der Waals surface area (Å²) in [6.07, 6.45) is 4.13. The molecule has 0 saturated carbocycles. The number of amides is 1. The molecule has 2 heterocycles. The molecule has 0 radical (unpaired) electrons. The van der Waals surface area contributed by atoms with E-state index in [1.807, 2.05) is 6.92 Å². The average molecular weight is 251 g/mol. The predicted octanol–water partition coefficient (Wildman–Crippen LogP) is 2.06. The molecule has 1 aromatic heterocycles. The largest absolute Gasteiger partial charge is 0.481 e. The van der Waals surface area contributed by atoms with Crippen molar-refractivity contribution < 1.29 is 19.1 Å². The number of aliphatic carboxylic acids is 1. The maximum absolute atomic E-state index is 12.3. The van der Waals surface area contributed by atoms with Crippen LogP contribution in [-0.2, 0) is 4.79 Å². The quantitative estimate of drug-likeness (QED) is 0.892. The van der Waals surface area contributed by atoms with Crippen LogP contribution in [0.1, 0.15) is 41.8 Å². The lowest BCUT2D eigenvalue weighted by molar-refractivity contribution is -0.138. The second-order valence-corrected chi connectivity index (χ2v) is 4.68. The highest BCUT2D eigenvalue weighted by Gasteiger charge is 2.31. The van der Waals surface area contributed by atoms with Gasteiger partial charge >= 0.3 is 5.97 Å². The minimum Gasteiger partial charge on any atom is -0.481 e. The van der Waals surface area contributed by atoms with E-state index in [0.29, 0.717) is 12.3 Å². The first-order valence-electron chi connectivity index (χ1n) is 6.16. The van der Waals surface area contributed by atoms with Crippen LogP contribution in [-0.4, -0.2) is 34.5 Å². The van der Waals surface area contributed by atoms with Crippen LogP contribution in [0.2, 0.25) is 0 Å². The van der Waals surface area contributed by atoms with Crippen LogP contribution < -0.4 is 0 Å². The fourth-order valence-electron chi connectivity index (χ4n) is 2.40. The first kappa shape index (κ1) is 12.7. The van der Waals surface area contributed by atoms with Crippen molar-refractivity contribution in [3.63, 3.8) is 0 Å². The molecule has 1 aromatic rings. The van der Waals surface area contributed by atoms with E-state index in [9.17, 15) is 9.59 Å². The number of carboxylic acids is 1. The number of nitrogens with zero attached hydrogens (tertiary/aromatic N) is 1. The summed E-state index contributed by atoms with van der Waals surface area (Å²) in [5.74, 6) is -0.730. The van der Waals surface area contributed by atoms with Crippen molar-refractivity contribution in [2.75, 3.05) is 6.54 Å². The lowest BCUT2D eigenvalue weighted by Gasteiger charge is -2.34. The van der Waals surface area contributed by atoms with Gasteiger partial charge in [-0.25, -0.2) is 0 Å². The van der Waals surface area contributed by atoms with Gasteiger partial charge in [-0.3, -0.25) is 9.59 Å². The van der Waals surface area contributed by atoms with E-state index >= 15 is 0 Å². The van der Waals surface area contributed by atoms with Crippen LogP contribution >= 0.6 is 0 Å². The van der Waals surface area contributed by atoms with Crippen molar-refractivity contribution >= 4 is 11.9 Å². The number of carboxylic acid groups (broad SMARTS) is 1. The third kappa shape index (κ3) is 2.55. The molecule has 0 aromatic carbocycles. The summed E-state index contributed by atoms with van der Waals surface area (Å²) in [6, 6.07) is 1.52. The van der Waals surface area contributed by atoms with E-state index in [-0.39, 0.29) is 18.4 Å².